The zero-order valence-corrected chi connectivity index (χ0v) is 10.0. The van der Waals surface area contributed by atoms with Crippen LogP contribution in [0.15, 0.2) is 23.8 Å². The molecular weight excluding hydrogens is 257 g/mol. The van der Waals surface area contributed by atoms with Gasteiger partial charge in [-0.1, -0.05) is 40.6 Å². The van der Waals surface area contributed by atoms with E-state index in [-0.39, 0.29) is 5.56 Å². The summed E-state index contributed by atoms with van der Waals surface area (Å²) in [6.45, 7) is 2.06. The van der Waals surface area contributed by atoms with Crippen LogP contribution in [-0.4, -0.2) is 5.33 Å². The van der Waals surface area contributed by atoms with Crippen LogP contribution in [0.3, 0.4) is 0 Å². The van der Waals surface area contributed by atoms with Crippen LogP contribution in [0.25, 0.3) is 6.08 Å². The molecule has 0 N–H and O–H groups in total. The summed E-state index contributed by atoms with van der Waals surface area (Å²) in [7, 11) is 0. The van der Waals surface area contributed by atoms with E-state index in [0.717, 1.165) is 17.3 Å². The summed E-state index contributed by atoms with van der Waals surface area (Å²) in [5.41, 5.74) is 2.17. The van der Waals surface area contributed by atoms with Crippen molar-refractivity contribution in [2.75, 3.05) is 5.33 Å². The third-order valence-corrected chi connectivity index (χ3v) is 2.83. The lowest BCUT2D eigenvalue weighted by atomic mass is 10.1. The van der Waals surface area contributed by atoms with E-state index >= 15 is 0 Å². The van der Waals surface area contributed by atoms with Crippen LogP contribution in [-0.2, 0) is 0 Å². The first-order chi connectivity index (χ1) is 7.21. The second-order valence-electron chi connectivity index (χ2n) is 3.14. The van der Waals surface area contributed by atoms with Crippen molar-refractivity contribution in [2.24, 2.45) is 0 Å². The lowest BCUT2D eigenvalue weighted by molar-refractivity contribution is 0.624. The van der Waals surface area contributed by atoms with Crippen LogP contribution < -0.4 is 0 Å². The van der Waals surface area contributed by atoms with Crippen molar-refractivity contribution in [1.82, 2.24) is 0 Å². The summed E-state index contributed by atoms with van der Waals surface area (Å²) in [6, 6.07) is 6.39. The number of allylic oxidation sites excluding steroid dienone is 1. The van der Waals surface area contributed by atoms with E-state index in [0.29, 0.717) is 0 Å². The Bertz CT molecular complexity index is 412. The van der Waals surface area contributed by atoms with E-state index in [1.165, 1.54) is 11.6 Å². The molecule has 78 valence electrons. The van der Waals surface area contributed by atoms with Crippen molar-refractivity contribution in [3.63, 3.8) is 0 Å². The molecule has 0 bridgehead atoms. The van der Waals surface area contributed by atoms with Crippen LogP contribution in [0.1, 0.15) is 24.5 Å². The van der Waals surface area contributed by atoms with Gasteiger partial charge in [-0.3, -0.25) is 0 Å². The maximum absolute atomic E-state index is 13.0. The first-order valence-electron chi connectivity index (χ1n) is 4.66. The van der Waals surface area contributed by atoms with Crippen molar-refractivity contribution in [3.05, 3.63) is 40.7 Å². The van der Waals surface area contributed by atoms with Crippen molar-refractivity contribution in [2.45, 2.75) is 13.3 Å². The van der Waals surface area contributed by atoms with Gasteiger partial charge >= 0.3 is 0 Å². The van der Waals surface area contributed by atoms with E-state index < -0.39 is 5.82 Å². The van der Waals surface area contributed by atoms with Gasteiger partial charge in [0.2, 0.25) is 0 Å². The lowest BCUT2D eigenvalue weighted by Crippen LogP contribution is -1.86. The minimum atomic E-state index is -0.466. The number of rotatable bonds is 3. The molecule has 0 radical (unpaired) electrons. The Morgan fingerprint density at radius 3 is 2.87 bits per heavy atom. The van der Waals surface area contributed by atoms with Crippen LogP contribution in [0, 0.1) is 17.1 Å². The fraction of sp³-hybridized carbons (Fsp3) is 0.250. The Hall–Kier alpha value is -1.14. The first-order valence-corrected chi connectivity index (χ1v) is 5.78. The summed E-state index contributed by atoms with van der Waals surface area (Å²) in [5, 5.41) is 9.47. The molecule has 0 amide bonds. The van der Waals surface area contributed by atoms with Gasteiger partial charge in [0.05, 0.1) is 5.56 Å². The molecule has 0 saturated heterocycles. The van der Waals surface area contributed by atoms with E-state index in [1.54, 1.807) is 12.1 Å². The molecule has 0 aromatic heterocycles. The zero-order chi connectivity index (χ0) is 11.3. The minimum absolute atomic E-state index is 0.0915. The fourth-order valence-corrected chi connectivity index (χ4v) is 1.75. The third-order valence-electron chi connectivity index (χ3n) is 2.11. The number of nitrogens with zero attached hydrogens (tertiary/aromatic N) is 1. The lowest BCUT2D eigenvalue weighted by Gasteiger charge is -2.00. The molecule has 0 aliphatic rings. The van der Waals surface area contributed by atoms with Crippen molar-refractivity contribution < 1.29 is 4.39 Å². The molecule has 1 aromatic rings. The molecule has 3 heteroatoms. The highest BCUT2D eigenvalue weighted by molar-refractivity contribution is 9.09. The largest absolute Gasteiger partial charge is 0.206 e. The predicted octanol–water partition coefficient (Wildman–Crippen LogP) is 3.89. The molecule has 1 aromatic carbocycles. The summed E-state index contributed by atoms with van der Waals surface area (Å²) in [5.74, 6) is -0.466. The SMILES string of the molecule is CC/C(=C/c1ccc(F)c(C#N)c1)CBr. The fourth-order valence-electron chi connectivity index (χ4n) is 1.19. The Morgan fingerprint density at radius 1 is 1.60 bits per heavy atom. The van der Waals surface area contributed by atoms with Gasteiger partial charge in [0, 0.05) is 5.33 Å². The molecule has 0 saturated carbocycles. The van der Waals surface area contributed by atoms with Gasteiger partial charge in [-0.05, 0) is 24.1 Å². The average Bonchev–Trinajstić information content (AvgIpc) is 2.28. The molecular formula is C12H11BrFN. The van der Waals surface area contributed by atoms with Gasteiger partial charge in [0.25, 0.3) is 0 Å². The highest BCUT2D eigenvalue weighted by Crippen LogP contribution is 2.15. The number of hydrogen-bond acceptors (Lipinski definition) is 1. The van der Waals surface area contributed by atoms with Crippen LogP contribution in [0.4, 0.5) is 4.39 Å². The normalized spacial score (nSPS) is 11.2. The monoisotopic (exact) mass is 267 g/mol. The van der Waals surface area contributed by atoms with Crippen LogP contribution >= 0.6 is 15.9 Å². The Labute approximate surface area is 97.4 Å². The number of hydrogen-bond donors (Lipinski definition) is 0. The van der Waals surface area contributed by atoms with Gasteiger partial charge in [-0.15, -0.1) is 0 Å². The standard InChI is InChI=1S/C12H11BrFN/c1-2-9(7-13)5-10-3-4-12(14)11(6-10)8-15/h3-6H,2,7H2,1H3/b9-5-. The zero-order valence-electron chi connectivity index (χ0n) is 8.43. The highest BCUT2D eigenvalue weighted by Gasteiger charge is 2.01. The minimum Gasteiger partial charge on any atom is -0.206 e. The summed E-state index contributed by atoms with van der Waals surface area (Å²) in [6.07, 6.45) is 2.90. The molecule has 0 aliphatic heterocycles. The Balaban J connectivity index is 3.07. The van der Waals surface area contributed by atoms with Gasteiger partial charge in [-0.2, -0.15) is 5.26 Å². The molecule has 0 fully saturated rings. The first kappa shape index (κ1) is 11.9. The molecule has 0 heterocycles. The summed E-state index contributed by atoms with van der Waals surface area (Å²) < 4.78 is 13.0. The number of halogens is 2. The van der Waals surface area contributed by atoms with Crippen molar-refractivity contribution in [1.29, 1.82) is 5.26 Å². The van der Waals surface area contributed by atoms with Crippen LogP contribution in [0.5, 0.6) is 0 Å². The second kappa shape index (κ2) is 5.67. The average molecular weight is 268 g/mol. The number of nitriles is 1. The quantitative estimate of drug-likeness (QED) is 0.763. The molecule has 0 spiro atoms. The summed E-state index contributed by atoms with van der Waals surface area (Å²) >= 11 is 3.38. The maximum atomic E-state index is 13.0. The van der Waals surface area contributed by atoms with Gasteiger partial charge in [-0.25, -0.2) is 4.39 Å². The van der Waals surface area contributed by atoms with Gasteiger partial charge in [0.15, 0.2) is 0 Å². The smallest absolute Gasteiger partial charge is 0.140 e. The third kappa shape index (κ3) is 3.17. The topological polar surface area (TPSA) is 23.8 Å². The molecule has 0 aliphatic carbocycles. The van der Waals surface area contributed by atoms with Crippen LogP contribution in [0.2, 0.25) is 0 Å². The molecule has 0 atom stereocenters. The van der Waals surface area contributed by atoms with E-state index in [4.69, 9.17) is 5.26 Å². The van der Waals surface area contributed by atoms with E-state index in [9.17, 15) is 4.39 Å². The molecule has 0 unspecified atom stereocenters. The maximum Gasteiger partial charge on any atom is 0.140 e. The van der Waals surface area contributed by atoms with E-state index in [1.807, 2.05) is 12.1 Å². The van der Waals surface area contributed by atoms with Gasteiger partial charge in [0.1, 0.15) is 11.9 Å². The molecule has 15 heavy (non-hydrogen) atoms. The van der Waals surface area contributed by atoms with E-state index in [2.05, 4.69) is 22.9 Å². The number of benzene rings is 1. The van der Waals surface area contributed by atoms with Crippen molar-refractivity contribution in [3.8, 4) is 6.07 Å². The van der Waals surface area contributed by atoms with Crippen molar-refractivity contribution >= 4 is 22.0 Å². The molecule has 1 nitrogen and oxygen atoms in total. The second-order valence-corrected chi connectivity index (χ2v) is 3.70. The molecule has 1 rings (SSSR count). The predicted molar refractivity (Wildman–Crippen MR) is 63.2 cm³/mol. The van der Waals surface area contributed by atoms with Gasteiger partial charge < -0.3 is 0 Å². The Kier molecular flexibility index (Phi) is 4.51. The summed E-state index contributed by atoms with van der Waals surface area (Å²) in [4.78, 5) is 0. The number of alkyl halides is 1. The Morgan fingerprint density at radius 2 is 2.33 bits per heavy atom. The highest BCUT2D eigenvalue weighted by atomic mass is 79.9.